The third-order valence-electron chi connectivity index (χ3n) is 9.68. The largest absolute Gasteiger partial charge is 0.455 e. The van der Waals surface area contributed by atoms with Gasteiger partial charge in [0.2, 0.25) is 0 Å². The molecule has 228 valence electrons. The topological polar surface area (TPSA) is 13.1 Å². The van der Waals surface area contributed by atoms with Gasteiger partial charge >= 0.3 is 0 Å². The molecule has 0 saturated heterocycles. The highest BCUT2D eigenvalue weighted by atomic mass is 32.1. The van der Waals surface area contributed by atoms with Crippen molar-refractivity contribution in [3.63, 3.8) is 0 Å². The molecule has 0 fully saturated rings. The van der Waals surface area contributed by atoms with Crippen molar-refractivity contribution in [2.75, 3.05) is 0 Å². The first-order valence-corrected chi connectivity index (χ1v) is 17.3. The van der Waals surface area contributed by atoms with Crippen molar-refractivity contribution in [3.8, 4) is 0 Å². The third kappa shape index (κ3) is 4.45. The zero-order chi connectivity index (χ0) is 32.2. The Kier molecular flexibility index (Phi) is 6.85. The van der Waals surface area contributed by atoms with Gasteiger partial charge in [-0.3, -0.25) is 0 Å². The Morgan fingerprint density at radius 2 is 1.38 bits per heavy atom. The van der Waals surface area contributed by atoms with Crippen LogP contribution in [0.5, 0.6) is 0 Å². The quantitative estimate of drug-likeness (QED) is 0.188. The van der Waals surface area contributed by atoms with Crippen LogP contribution in [-0.4, -0.2) is 0 Å². The monoisotopic (exact) mass is 632 g/mol. The molecule has 2 aromatic heterocycles. The summed E-state index contributed by atoms with van der Waals surface area (Å²) in [6.07, 6.45) is 12.9. The molecule has 0 aliphatic heterocycles. The van der Waals surface area contributed by atoms with Crippen LogP contribution in [0.3, 0.4) is 0 Å². The second-order valence-corrected chi connectivity index (χ2v) is 13.4. The van der Waals surface area contributed by atoms with E-state index in [2.05, 4.69) is 153 Å². The summed E-state index contributed by atoms with van der Waals surface area (Å²) in [5.41, 5.74) is 8.33. The highest BCUT2D eigenvalue weighted by Crippen LogP contribution is 2.44. The number of hydrogen-bond donors (Lipinski definition) is 0. The minimum atomic E-state index is 0.903. The van der Waals surface area contributed by atoms with Crippen molar-refractivity contribution in [1.29, 1.82) is 0 Å². The molecule has 2 heteroatoms. The number of allylic oxidation sites excluding steroid dienone is 5. The van der Waals surface area contributed by atoms with Gasteiger partial charge in [-0.15, -0.1) is 11.3 Å². The molecule has 0 N–H and O–H groups in total. The average Bonchev–Trinajstić information content (AvgIpc) is 3.72. The Hall–Kier alpha value is -5.70. The number of rotatable bonds is 4. The minimum Gasteiger partial charge on any atom is -0.455 e. The fraction of sp³-hybridized carbons (Fsp3) is 0.0435. The molecule has 0 amide bonds. The number of thiophene rings is 1. The van der Waals surface area contributed by atoms with E-state index in [1.165, 1.54) is 36.3 Å². The summed E-state index contributed by atoms with van der Waals surface area (Å²) >= 11 is 1.88. The summed E-state index contributed by atoms with van der Waals surface area (Å²) in [6.45, 7) is 8.77. The molecule has 0 atom stereocenters. The van der Waals surface area contributed by atoms with Gasteiger partial charge in [-0.25, -0.2) is 0 Å². The van der Waals surface area contributed by atoms with Gasteiger partial charge in [0, 0.05) is 41.9 Å². The molecule has 2 heterocycles. The molecule has 0 unspecified atom stereocenters. The molecule has 0 saturated carbocycles. The van der Waals surface area contributed by atoms with Crippen LogP contribution in [0.4, 0.5) is 0 Å². The SMILES string of the molecule is C=Cc1ccccc1C(=C)C1=c2cccc/c2=C(c2cc3c(ccc4c5ccccc5sc43)c3c2oc2ccccc23)/C=C/CCC=C1. The number of furan rings is 1. The Morgan fingerprint density at radius 1 is 0.667 bits per heavy atom. The third-order valence-corrected chi connectivity index (χ3v) is 10.9. The summed E-state index contributed by atoms with van der Waals surface area (Å²) in [6, 6.07) is 41.3. The summed E-state index contributed by atoms with van der Waals surface area (Å²) in [4.78, 5) is 0. The van der Waals surface area contributed by atoms with Gasteiger partial charge in [0.05, 0.1) is 0 Å². The number of hydrogen-bond acceptors (Lipinski definition) is 2. The molecule has 1 aliphatic rings. The van der Waals surface area contributed by atoms with E-state index in [1.54, 1.807) is 0 Å². The van der Waals surface area contributed by atoms with Crippen molar-refractivity contribution in [2.24, 2.45) is 0 Å². The molecular weight excluding hydrogens is 601 g/mol. The van der Waals surface area contributed by atoms with Crippen LogP contribution in [-0.2, 0) is 0 Å². The van der Waals surface area contributed by atoms with Crippen molar-refractivity contribution >= 4 is 87.0 Å². The highest BCUT2D eigenvalue weighted by Gasteiger charge is 2.20. The molecule has 9 rings (SSSR count). The van der Waals surface area contributed by atoms with E-state index >= 15 is 0 Å². The van der Waals surface area contributed by atoms with Crippen LogP contribution in [0.15, 0.2) is 157 Å². The second-order valence-electron chi connectivity index (χ2n) is 12.4. The Balaban J connectivity index is 1.47. The number of benzene rings is 6. The smallest absolute Gasteiger partial charge is 0.143 e. The summed E-state index contributed by atoms with van der Waals surface area (Å²) in [7, 11) is 0. The van der Waals surface area contributed by atoms with Gasteiger partial charge < -0.3 is 4.42 Å². The second kappa shape index (κ2) is 11.5. The van der Waals surface area contributed by atoms with E-state index in [0.717, 1.165) is 73.2 Å². The predicted octanol–water partition coefficient (Wildman–Crippen LogP) is 11.7. The lowest BCUT2D eigenvalue weighted by Crippen LogP contribution is -2.29. The molecule has 0 bridgehead atoms. The summed E-state index contributed by atoms with van der Waals surface area (Å²) < 4.78 is 9.45. The van der Waals surface area contributed by atoms with E-state index in [4.69, 9.17) is 4.42 Å². The predicted molar refractivity (Wildman–Crippen MR) is 209 cm³/mol. The first-order valence-electron chi connectivity index (χ1n) is 16.5. The molecule has 6 aromatic carbocycles. The van der Waals surface area contributed by atoms with Gasteiger partial charge in [0.1, 0.15) is 11.2 Å². The standard InChI is InChI=1S/C46H32OS/c1-3-30-16-8-9-17-31(30)29(2)32-18-6-4-5-7-19-35(34-21-11-10-20-33(32)34)40-28-41-37(44-39-23-12-14-24-42(39)47-45(40)44)26-27-38-36-22-13-15-25-43(36)48-46(38)41/h3,6-28H,1-2,4-5H2/b18-6?,19-7+,33-32?,35-34+. The lowest BCUT2D eigenvalue weighted by atomic mass is 9.90. The lowest BCUT2D eigenvalue weighted by Gasteiger charge is -2.14. The zero-order valence-corrected chi connectivity index (χ0v) is 27.3. The first-order chi connectivity index (χ1) is 23.7. The van der Waals surface area contributed by atoms with Crippen molar-refractivity contribution in [1.82, 2.24) is 0 Å². The normalized spacial score (nSPS) is 15.4. The van der Waals surface area contributed by atoms with E-state index < -0.39 is 0 Å². The summed E-state index contributed by atoms with van der Waals surface area (Å²) in [5.74, 6) is 0. The molecule has 1 aliphatic carbocycles. The van der Waals surface area contributed by atoms with Crippen LogP contribution in [0.25, 0.3) is 75.7 Å². The fourth-order valence-electron chi connectivity index (χ4n) is 7.40. The van der Waals surface area contributed by atoms with E-state index in [0.29, 0.717) is 0 Å². The van der Waals surface area contributed by atoms with E-state index in [1.807, 2.05) is 17.4 Å². The maximum absolute atomic E-state index is 6.83. The molecule has 48 heavy (non-hydrogen) atoms. The van der Waals surface area contributed by atoms with Crippen molar-refractivity contribution in [3.05, 3.63) is 180 Å². The van der Waals surface area contributed by atoms with E-state index in [9.17, 15) is 0 Å². The Bertz CT molecular complexity index is 2820. The number of fused-ring (bicyclic) bond motifs is 10. The molecule has 0 spiro atoms. The van der Waals surface area contributed by atoms with Crippen molar-refractivity contribution in [2.45, 2.75) is 12.8 Å². The van der Waals surface area contributed by atoms with Gasteiger partial charge in [-0.2, -0.15) is 0 Å². The van der Waals surface area contributed by atoms with Crippen LogP contribution in [0.2, 0.25) is 0 Å². The molecule has 1 nitrogen and oxygen atoms in total. The van der Waals surface area contributed by atoms with E-state index in [-0.39, 0.29) is 0 Å². The summed E-state index contributed by atoms with van der Waals surface area (Å²) in [5, 5.41) is 9.68. The van der Waals surface area contributed by atoms with Crippen molar-refractivity contribution < 1.29 is 4.42 Å². The van der Waals surface area contributed by atoms with Crippen LogP contribution in [0, 0.1) is 0 Å². The number of para-hydroxylation sites is 1. The highest BCUT2D eigenvalue weighted by molar-refractivity contribution is 7.26. The zero-order valence-electron chi connectivity index (χ0n) is 26.5. The lowest BCUT2D eigenvalue weighted by molar-refractivity contribution is 0.668. The first kappa shape index (κ1) is 28.5. The van der Waals surface area contributed by atoms with Gasteiger partial charge in [-0.1, -0.05) is 141 Å². The van der Waals surface area contributed by atoms with Crippen LogP contribution in [0.1, 0.15) is 29.5 Å². The Morgan fingerprint density at radius 3 is 2.25 bits per heavy atom. The van der Waals surface area contributed by atoms with Gasteiger partial charge in [0.25, 0.3) is 0 Å². The van der Waals surface area contributed by atoms with Crippen LogP contribution < -0.4 is 10.4 Å². The fourth-order valence-corrected chi connectivity index (χ4v) is 8.62. The minimum absolute atomic E-state index is 0.903. The van der Waals surface area contributed by atoms with Gasteiger partial charge in [0.15, 0.2) is 0 Å². The maximum atomic E-state index is 6.83. The maximum Gasteiger partial charge on any atom is 0.143 e. The molecular formula is C46H32OS. The Labute approximate surface area is 283 Å². The molecule has 0 radical (unpaired) electrons. The van der Waals surface area contributed by atoms with Gasteiger partial charge in [-0.05, 0) is 74.7 Å². The average molecular weight is 633 g/mol. The molecule has 8 aromatic rings. The van der Waals surface area contributed by atoms with Crippen LogP contribution >= 0.6 is 11.3 Å².